The number of halogens is 4. The number of amides is 1. The van der Waals surface area contributed by atoms with Crippen molar-refractivity contribution in [2.45, 2.75) is 38.4 Å². The fourth-order valence-electron chi connectivity index (χ4n) is 3.71. The van der Waals surface area contributed by atoms with E-state index in [1.54, 1.807) is 12.1 Å². The standard InChI is InChI=1S/C22H19F4N3O/c23-16-8-4-6-14(12-16)20-28-19(18-10-2-1-3-11-29(18)20)21(30)27-17-9-5-7-15(13-17)22(24,25)26/h4-9,12-13H,1-3,10-11H2,(H,27,30). The second kappa shape index (κ2) is 7.93. The summed E-state index contributed by atoms with van der Waals surface area (Å²) in [5, 5.41) is 2.53. The fraction of sp³-hybridized carbons (Fsp3) is 0.273. The molecule has 8 heteroatoms. The first-order valence-electron chi connectivity index (χ1n) is 9.67. The van der Waals surface area contributed by atoms with Crippen LogP contribution < -0.4 is 5.32 Å². The average molecular weight is 417 g/mol. The number of alkyl halides is 3. The van der Waals surface area contributed by atoms with E-state index in [0.717, 1.165) is 37.1 Å². The van der Waals surface area contributed by atoms with Crippen LogP contribution in [0.2, 0.25) is 0 Å². The van der Waals surface area contributed by atoms with Gasteiger partial charge in [0.15, 0.2) is 0 Å². The van der Waals surface area contributed by atoms with Crippen LogP contribution in [0.4, 0.5) is 23.2 Å². The fourth-order valence-corrected chi connectivity index (χ4v) is 3.71. The second-order valence-electron chi connectivity index (χ2n) is 7.24. The number of rotatable bonds is 3. The molecule has 3 aromatic rings. The SMILES string of the molecule is O=C(Nc1cccc(C(F)(F)F)c1)c1nc(-c2cccc(F)c2)n2c1CCCCC2. The van der Waals surface area contributed by atoms with Gasteiger partial charge in [-0.15, -0.1) is 0 Å². The summed E-state index contributed by atoms with van der Waals surface area (Å²) in [6.07, 6.45) is -1.12. The molecule has 0 atom stereocenters. The highest BCUT2D eigenvalue weighted by Gasteiger charge is 2.31. The van der Waals surface area contributed by atoms with Crippen LogP contribution in [0.5, 0.6) is 0 Å². The molecule has 0 aliphatic carbocycles. The van der Waals surface area contributed by atoms with Crippen molar-refractivity contribution in [3.63, 3.8) is 0 Å². The summed E-state index contributed by atoms with van der Waals surface area (Å²) in [4.78, 5) is 17.4. The van der Waals surface area contributed by atoms with Crippen molar-refractivity contribution >= 4 is 11.6 Å². The highest BCUT2D eigenvalue weighted by Crippen LogP contribution is 2.31. The molecule has 2 aromatic carbocycles. The Morgan fingerprint density at radius 3 is 2.60 bits per heavy atom. The zero-order chi connectivity index (χ0) is 21.3. The number of fused-ring (bicyclic) bond motifs is 1. The second-order valence-corrected chi connectivity index (χ2v) is 7.24. The van der Waals surface area contributed by atoms with E-state index in [9.17, 15) is 22.4 Å². The lowest BCUT2D eigenvalue weighted by Crippen LogP contribution is -2.16. The number of nitrogens with one attached hydrogen (secondary N) is 1. The maximum absolute atomic E-state index is 13.7. The summed E-state index contributed by atoms with van der Waals surface area (Å²) in [5.74, 6) is -0.503. The Morgan fingerprint density at radius 1 is 1.03 bits per heavy atom. The highest BCUT2D eigenvalue weighted by molar-refractivity contribution is 6.04. The molecule has 1 amide bonds. The van der Waals surface area contributed by atoms with Crippen LogP contribution in [-0.4, -0.2) is 15.5 Å². The van der Waals surface area contributed by atoms with Crippen LogP contribution >= 0.6 is 0 Å². The minimum atomic E-state index is -4.50. The topological polar surface area (TPSA) is 46.9 Å². The first kappa shape index (κ1) is 20.1. The number of benzene rings is 2. The minimum absolute atomic E-state index is 0.0394. The van der Waals surface area contributed by atoms with E-state index < -0.39 is 23.5 Å². The van der Waals surface area contributed by atoms with Crippen molar-refractivity contribution in [2.24, 2.45) is 0 Å². The van der Waals surface area contributed by atoms with Crippen LogP contribution in [0, 0.1) is 5.82 Å². The quantitative estimate of drug-likeness (QED) is 0.557. The van der Waals surface area contributed by atoms with Gasteiger partial charge >= 0.3 is 6.18 Å². The molecule has 1 aliphatic heterocycles. The third-order valence-electron chi connectivity index (χ3n) is 5.11. The molecule has 0 unspecified atom stereocenters. The van der Waals surface area contributed by atoms with E-state index in [1.165, 1.54) is 24.3 Å². The number of hydrogen-bond acceptors (Lipinski definition) is 2. The van der Waals surface area contributed by atoms with Crippen LogP contribution in [0.1, 0.15) is 41.0 Å². The number of carbonyl (C=O) groups is 1. The maximum Gasteiger partial charge on any atom is 0.416 e. The Bertz CT molecular complexity index is 1090. The first-order chi connectivity index (χ1) is 14.3. The molecule has 4 rings (SSSR count). The Hall–Kier alpha value is -3.16. The number of hydrogen-bond donors (Lipinski definition) is 1. The number of carbonyl (C=O) groups excluding carboxylic acids is 1. The van der Waals surface area contributed by atoms with Crippen molar-refractivity contribution in [3.05, 3.63) is 71.3 Å². The zero-order valence-corrected chi connectivity index (χ0v) is 16.0. The van der Waals surface area contributed by atoms with Crippen molar-refractivity contribution < 1.29 is 22.4 Å². The van der Waals surface area contributed by atoms with Crippen LogP contribution in [-0.2, 0) is 19.1 Å². The summed E-state index contributed by atoms with van der Waals surface area (Å²) in [6, 6.07) is 10.5. The summed E-state index contributed by atoms with van der Waals surface area (Å²) in [6.45, 7) is 0.644. The molecular weight excluding hydrogens is 398 g/mol. The Balaban J connectivity index is 1.71. The van der Waals surface area contributed by atoms with Gasteiger partial charge in [0.1, 0.15) is 17.3 Å². The van der Waals surface area contributed by atoms with Gasteiger partial charge < -0.3 is 9.88 Å². The number of imidazole rings is 1. The van der Waals surface area contributed by atoms with E-state index in [0.29, 0.717) is 24.4 Å². The Labute approximate surface area is 170 Å². The summed E-state index contributed by atoms with van der Waals surface area (Å²) >= 11 is 0. The molecule has 0 saturated carbocycles. The third kappa shape index (κ3) is 4.08. The largest absolute Gasteiger partial charge is 0.416 e. The Morgan fingerprint density at radius 2 is 1.83 bits per heavy atom. The molecule has 1 N–H and O–H groups in total. The van der Waals surface area contributed by atoms with Gasteiger partial charge in [-0.3, -0.25) is 4.79 Å². The highest BCUT2D eigenvalue weighted by atomic mass is 19.4. The third-order valence-corrected chi connectivity index (χ3v) is 5.11. The summed E-state index contributed by atoms with van der Waals surface area (Å²) < 4.78 is 54.6. The van der Waals surface area contributed by atoms with Gasteiger partial charge in [-0.05, 0) is 49.6 Å². The van der Waals surface area contributed by atoms with Crippen molar-refractivity contribution in [3.8, 4) is 11.4 Å². The van der Waals surface area contributed by atoms with Gasteiger partial charge in [-0.25, -0.2) is 9.37 Å². The van der Waals surface area contributed by atoms with Gasteiger partial charge in [0, 0.05) is 17.8 Å². The zero-order valence-electron chi connectivity index (χ0n) is 16.0. The van der Waals surface area contributed by atoms with E-state index in [4.69, 9.17) is 0 Å². The molecule has 0 radical (unpaired) electrons. The lowest BCUT2D eigenvalue weighted by molar-refractivity contribution is -0.137. The predicted molar refractivity (Wildman–Crippen MR) is 105 cm³/mol. The smallest absolute Gasteiger partial charge is 0.327 e. The number of anilines is 1. The summed E-state index contributed by atoms with van der Waals surface area (Å²) in [5.41, 5.74) is 0.628. The number of aromatic nitrogens is 2. The molecule has 0 fully saturated rings. The van der Waals surface area contributed by atoms with Crippen molar-refractivity contribution in [1.82, 2.24) is 9.55 Å². The van der Waals surface area contributed by atoms with Crippen LogP contribution in [0.15, 0.2) is 48.5 Å². The molecule has 1 aromatic heterocycles. The van der Waals surface area contributed by atoms with Crippen LogP contribution in [0.25, 0.3) is 11.4 Å². The van der Waals surface area contributed by atoms with E-state index in [-0.39, 0.29) is 11.4 Å². The monoisotopic (exact) mass is 417 g/mol. The normalized spacial score (nSPS) is 14.1. The average Bonchev–Trinajstić information content (AvgIpc) is 2.89. The number of nitrogens with zero attached hydrogens (tertiary/aromatic N) is 2. The van der Waals surface area contributed by atoms with E-state index >= 15 is 0 Å². The Kier molecular flexibility index (Phi) is 5.32. The summed E-state index contributed by atoms with van der Waals surface area (Å²) in [7, 11) is 0. The van der Waals surface area contributed by atoms with Gasteiger partial charge in [0.2, 0.25) is 0 Å². The van der Waals surface area contributed by atoms with Crippen molar-refractivity contribution in [2.75, 3.05) is 5.32 Å². The van der Waals surface area contributed by atoms with E-state index in [1.807, 2.05) is 4.57 Å². The van der Waals surface area contributed by atoms with Gasteiger partial charge in [0.25, 0.3) is 5.91 Å². The lowest BCUT2D eigenvalue weighted by Gasteiger charge is -2.10. The van der Waals surface area contributed by atoms with Gasteiger partial charge in [0.05, 0.1) is 11.3 Å². The minimum Gasteiger partial charge on any atom is -0.327 e. The first-order valence-corrected chi connectivity index (χ1v) is 9.67. The molecule has 0 spiro atoms. The molecule has 156 valence electrons. The molecule has 0 bridgehead atoms. The molecule has 2 heterocycles. The van der Waals surface area contributed by atoms with Crippen LogP contribution in [0.3, 0.4) is 0 Å². The maximum atomic E-state index is 13.7. The van der Waals surface area contributed by atoms with Crippen molar-refractivity contribution in [1.29, 1.82) is 0 Å². The van der Waals surface area contributed by atoms with Gasteiger partial charge in [-0.1, -0.05) is 24.6 Å². The molecular formula is C22H19F4N3O. The van der Waals surface area contributed by atoms with Gasteiger partial charge in [-0.2, -0.15) is 13.2 Å². The molecule has 30 heavy (non-hydrogen) atoms. The lowest BCUT2D eigenvalue weighted by atomic mass is 10.1. The molecule has 0 saturated heterocycles. The molecule has 4 nitrogen and oxygen atoms in total. The predicted octanol–water partition coefficient (Wildman–Crippen LogP) is 5.69. The molecule has 1 aliphatic rings. The van der Waals surface area contributed by atoms with E-state index in [2.05, 4.69) is 10.3 Å².